The molecule has 0 saturated carbocycles. The molecule has 84 valence electrons. The highest BCUT2D eigenvalue weighted by Crippen LogP contribution is 2.24. The van der Waals surface area contributed by atoms with E-state index in [0.29, 0.717) is 6.61 Å². The van der Waals surface area contributed by atoms with Gasteiger partial charge < -0.3 is 4.74 Å². The van der Waals surface area contributed by atoms with Crippen molar-refractivity contribution in [2.24, 2.45) is 0 Å². The lowest BCUT2D eigenvalue weighted by Crippen LogP contribution is -2.30. The van der Waals surface area contributed by atoms with Gasteiger partial charge in [-0.25, -0.2) is 5.43 Å². The van der Waals surface area contributed by atoms with E-state index < -0.39 is 0 Å². The number of rotatable bonds is 2. The molecule has 15 heavy (non-hydrogen) atoms. The van der Waals surface area contributed by atoms with Gasteiger partial charge in [0.25, 0.3) is 0 Å². The number of hydrazine groups is 1. The van der Waals surface area contributed by atoms with Gasteiger partial charge in [-0.2, -0.15) is 0 Å². The lowest BCUT2D eigenvalue weighted by Gasteiger charge is -2.23. The van der Waals surface area contributed by atoms with Gasteiger partial charge in [-0.1, -0.05) is 19.9 Å². The van der Waals surface area contributed by atoms with Crippen molar-refractivity contribution in [2.45, 2.75) is 20.8 Å². The SMILES string of the molecule is CC.COCC1=C2C=CC=C(C)N2NC1. The fourth-order valence-corrected chi connectivity index (χ4v) is 1.67. The average Bonchev–Trinajstić information content (AvgIpc) is 2.67. The minimum absolute atomic E-state index is 0.705. The van der Waals surface area contributed by atoms with Gasteiger partial charge in [0.2, 0.25) is 0 Å². The Kier molecular flexibility index (Phi) is 4.59. The van der Waals surface area contributed by atoms with Crippen LogP contribution in [0.4, 0.5) is 0 Å². The number of fused-ring (bicyclic) bond motifs is 1. The molecule has 2 aliphatic rings. The third kappa shape index (κ3) is 2.49. The number of ether oxygens (including phenoxy) is 1. The smallest absolute Gasteiger partial charge is 0.0709 e. The second kappa shape index (κ2) is 5.73. The predicted molar refractivity (Wildman–Crippen MR) is 63.0 cm³/mol. The Bertz CT molecular complexity index is 303. The van der Waals surface area contributed by atoms with Crippen LogP contribution in [-0.2, 0) is 4.74 Å². The van der Waals surface area contributed by atoms with Crippen LogP contribution in [-0.4, -0.2) is 25.3 Å². The van der Waals surface area contributed by atoms with Crippen molar-refractivity contribution in [1.29, 1.82) is 0 Å². The van der Waals surface area contributed by atoms with E-state index in [4.69, 9.17) is 4.74 Å². The van der Waals surface area contributed by atoms with Crippen LogP contribution in [0.15, 0.2) is 35.2 Å². The molecular weight excluding hydrogens is 188 g/mol. The quantitative estimate of drug-likeness (QED) is 0.753. The molecule has 0 aromatic rings. The van der Waals surface area contributed by atoms with Gasteiger partial charge in [-0.3, -0.25) is 5.01 Å². The summed E-state index contributed by atoms with van der Waals surface area (Å²) in [5, 5.41) is 2.11. The molecule has 0 amide bonds. The maximum Gasteiger partial charge on any atom is 0.0709 e. The molecule has 0 radical (unpaired) electrons. The fraction of sp³-hybridized carbons (Fsp3) is 0.500. The monoisotopic (exact) mass is 208 g/mol. The van der Waals surface area contributed by atoms with Gasteiger partial charge in [0.15, 0.2) is 0 Å². The molecule has 3 heteroatoms. The molecule has 0 aromatic heterocycles. The normalized spacial score (nSPS) is 18.4. The minimum Gasteiger partial charge on any atom is -0.380 e. The molecule has 2 aliphatic heterocycles. The molecule has 0 bridgehead atoms. The first-order valence-corrected chi connectivity index (χ1v) is 5.42. The summed E-state index contributed by atoms with van der Waals surface area (Å²) < 4.78 is 5.13. The van der Waals surface area contributed by atoms with Crippen molar-refractivity contribution in [2.75, 3.05) is 20.3 Å². The molecule has 0 saturated heterocycles. The summed E-state index contributed by atoms with van der Waals surface area (Å²) in [6.45, 7) is 7.68. The van der Waals surface area contributed by atoms with Gasteiger partial charge in [-0.05, 0) is 24.6 Å². The Morgan fingerprint density at radius 2 is 2.20 bits per heavy atom. The van der Waals surface area contributed by atoms with Crippen LogP contribution in [0.25, 0.3) is 0 Å². The molecule has 0 aliphatic carbocycles. The second-order valence-corrected chi connectivity index (χ2v) is 3.26. The molecule has 0 atom stereocenters. The molecule has 0 unspecified atom stereocenters. The lowest BCUT2D eigenvalue weighted by atomic mass is 10.2. The zero-order chi connectivity index (χ0) is 11.3. The molecule has 1 N–H and O–H groups in total. The summed E-state index contributed by atoms with van der Waals surface area (Å²) in [6.07, 6.45) is 6.28. The maximum atomic E-state index is 5.13. The van der Waals surface area contributed by atoms with E-state index in [1.165, 1.54) is 17.0 Å². The first kappa shape index (κ1) is 12.0. The van der Waals surface area contributed by atoms with Gasteiger partial charge in [0.05, 0.1) is 12.3 Å². The van der Waals surface area contributed by atoms with Gasteiger partial charge >= 0.3 is 0 Å². The molecule has 2 heterocycles. The van der Waals surface area contributed by atoms with Gasteiger partial charge in [-0.15, -0.1) is 0 Å². The Labute approximate surface area is 92.1 Å². The van der Waals surface area contributed by atoms with E-state index >= 15 is 0 Å². The van der Waals surface area contributed by atoms with Gasteiger partial charge in [0.1, 0.15) is 0 Å². The topological polar surface area (TPSA) is 24.5 Å². The molecule has 0 spiro atoms. The summed E-state index contributed by atoms with van der Waals surface area (Å²) in [7, 11) is 1.73. The highest BCUT2D eigenvalue weighted by Gasteiger charge is 2.22. The second-order valence-electron chi connectivity index (χ2n) is 3.26. The van der Waals surface area contributed by atoms with Crippen molar-refractivity contribution >= 4 is 0 Å². The largest absolute Gasteiger partial charge is 0.380 e. The van der Waals surface area contributed by atoms with Crippen LogP contribution in [0.1, 0.15) is 20.8 Å². The number of hydrogen-bond acceptors (Lipinski definition) is 3. The number of hydrogen-bond donors (Lipinski definition) is 1. The van der Waals surface area contributed by atoms with E-state index in [-0.39, 0.29) is 0 Å². The predicted octanol–water partition coefficient (Wildman–Crippen LogP) is 2.21. The fourth-order valence-electron chi connectivity index (χ4n) is 1.67. The van der Waals surface area contributed by atoms with Crippen LogP contribution < -0.4 is 5.43 Å². The van der Waals surface area contributed by atoms with Crippen molar-refractivity contribution in [3.8, 4) is 0 Å². The highest BCUT2D eigenvalue weighted by atomic mass is 16.5. The van der Waals surface area contributed by atoms with Crippen LogP contribution in [0.3, 0.4) is 0 Å². The zero-order valence-corrected chi connectivity index (χ0v) is 10.0. The lowest BCUT2D eigenvalue weighted by molar-refractivity contribution is 0.224. The Hall–Kier alpha value is -1.06. The zero-order valence-electron chi connectivity index (χ0n) is 10.0. The molecule has 0 fully saturated rings. The minimum atomic E-state index is 0.705. The first-order chi connectivity index (χ1) is 7.33. The molecular formula is C12H20N2O. The summed E-state index contributed by atoms with van der Waals surface area (Å²) in [6, 6.07) is 0. The Morgan fingerprint density at radius 1 is 1.47 bits per heavy atom. The summed E-state index contributed by atoms with van der Waals surface area (Å²) in [5.74, 6) is 0. The molecule has 0 aromatic carbocycles. The first-order valence-electron chi connectivity index (χ1n) is 5.42. The highest BCUT2D eigenvalue weighted by molar-refractivity contribution is 5.38. The van der Waals surface area contributed by atoms with Crippen LogP contribution >= 0.6 is 0 Å². The summed E-state index contributed by atoms with van der Waals surface area (Å²) >= 11 is 0. The maximum absolute atomic E-state index is 5.13. The van der Waals surface area contributed by atoms with Gasteiger partial charge in [0, 0.05) is 19.4 Å². The standard InChI is InChI=1S/C10H14N2O.C2H6/c1-8-4-3-5-10-9(7-13-2)6-11-12(8)10;1-2/h3-5,11H,6-7H2,1-2H3;1-2H3. The number of methoxy groups -OCH3 is 1. The molecule has 3 nitrogen and oxygen atoms in total. The van der Waals surface area contributed by atoms with E-state index in [0.717, 1.165) is 6.54 Å². The van der Waals surface area contributed by atoms with Crippen LogP contribution in [0, 0.1) is 0 Å². The van der Waals surface area contributed by atoms with Crippen molar-refractivity contribution < 1.29 is 4.74 Å². The third-order valence-electron chi connectivity index (χ3n) is 2.32. The Balaban J connectivity index is 0.000000531. The Morgan fingerprint density at radius 3 is 2.87 bits per heavy atom. The van der Waals surface area contributed by atoms with E-state index in [9.17, 15) is 0 Å². The molecule has 2 rings (SSSR count). The van der Waals surface area contributed by atoms with Crippen molar-refractivity contribution in [3.05, 3.63) is 35.2 Å². The number of nitrogens with one attached hydrogen (secondary N) is 1. The van der Waals surface area contributed by atoms with E-state index in [2.05, 4.69) is 35.6 Å². The summed E-state index contributed by atoms with van der Waals surface area (Å²) in [5.41, 5.74) is 7.08. The van der Waals surface area contributed by atoms with E-state index in [1.807, 2.05) is 13.8 Å². The van der Waals surface area contributed by atoms with E-state index in [1.54, 1.807) is 7.11 Å². The van der Waals surface area contributed by atoms with Crippen LogP contribution in [0.5, 0.6) is 0 Å². The van der Waals surface area contributed by atoms with Crippen LogP contribution in [0.2, 0.25) is 0 Å². The number of nitrogens with zero attached hydrogens (tertiary/aromatic N) is 1. The summed E-state index contributed by atoms with van der Waals surface area (Å²) in [4.78, 5) is 0. The number of allylic oxidation sites excluding steroid dienone is 4. The third-order valence-corrected chi connectivity index (χ3v) is 2.32. The average molecular weight is 208 g/mol. The van der Waals surface area contributed by atoms with Crippen molar-refractivity contribution in [3.63, 3.8) is 0 Å². The van der Waals surface area contributed by atoms with Crippen molar-refractivity contribution in [1.82, 2.24) is 10.4 Å².